The summed E-state index contributed by atoms with van der Waals surface area (Å²) in [7, 11) is 0. The SMILES string of the molecule is Cc1nonc1CN1CCCC(CNC(C)(C)C)C1. The van der Waals surface area contributed by atoms with E-state index in [0.717, 1.165) is 43.5 Å². The van der Waals surface area contributed by atoms with E-state index in [2.05, 4.69) is 41.3 Å². The molecule has 1 aromatic rings. The Balaban J connectivity index is 1.82. The summed E-state index contributed by atoms with van der Waals surface area (Å²) in [5.74, 6) is 0.730. The van der Waals surface area contributed by atoms with Crippen LogP contribution < -0.4 is 5.32 Å². The molecule has 5 heteroatoms. The summed E-state index contributed by atoms with van der Waals surface area (Å²) in [4.78, 5) is 2.46. The first-order valence-electron chi connectivity index (χ1n) is 7.19. The van der Waals surface area contributed by atoms with Gasteiger partial charge in [-0.25, -0.2) is 4.63 Å². The van der Waals surface area contributed by atoms with Gasteiger partial charge in [0.05, 0.1) is 0 Å². The van der Waals surface area contributed by atoms with Crippen LogP contribution in [0.1, 0.15) is 45.0 Å². The second-order valence-corrected chi connectivity index (χ2v) is 6.67. The zero-order chi connectivity index (χ0) is 13.9. The Morgan fingerprint density at radius 1 is 1.37 bits per heavy atom. The van der Waals surface area contributed by atoms with Gasteiger partial charge < -0.3 is 5.32 Å². The molecule has 1 aliphatic rings. The maximum absolute atomic E-state index is 4.77. The van der Waals surface area contributed by atoms with Crippen LogP contribution in [0.25, 0.3) is 0 Å². The summed E-state index contributed by atoms with van der Waals surface area (Å²) in [6.45, 7) is 12.9. The van der Waals surface area contributed by atoms with E-state index in [1.54, 1.807) is 0 Å². The molecule has 19 heavy (non-hydrogen) atoms. The quantitative estimate of drug-likeness (QED) is 0.903. The molecule has 1 unspecified atom stereocenters. The van der Waals surface area contributed by atoms with Crippen molar-refractivity contribution in [2.45, 2.75) is 52.6 Å². The fraction of sp³-hybridized carbons (Fsp3) is 0.857. The van der Waals surface area contributed by atoms with Crippen molar-refractivity contribution in [2.24, 2.45) is 5.92 Å². The molecule has 1 fully saturated rings. The Bertz CT molecular complexity index is 396. The molecule has 0 aromatic carbocycles. The van der Waals surface area contributed by atoms with Crippen LogP contribution in [0.15, 0.2) is 4.63 Å². The van der Waals surface area contributed by atoms with E-state index < -0.39 is 0 Å². The second kappa shape index (κ2) is 6.01. The van der Waals surface area contributed by atoms with Gasteiger partial charge in [-0.1, -0.05) is 10.3 Å². The predicted octanol–water partition coefficient (Wildman–Crippen LogP) is 1.98. The van der Waals surface area contributed by atoms with Gasteiger partial charge in [-0.15, -0.1) is 0 Å². The van der Waals surface area contributed by atoms with Crippen molar-refractivity contribution < 1.29 is 4.63 Å². The molecular formula is C14H26N4O. The Labute approximate surface area is 115 Å². The van der Waals surface area contributed by atoms with Crippen molar-refractivity contribution >= 4 is 0 Å². The Hall–Kier alpha value is -0.940. The third-order valence-electron chi connectivity index (χ3n) is 3.64. The fourth-order valence-corrected chi connectivity index (χ4v) is 2.52. The van der Waals surface area contributed by atoms with Crippen LogP contribution in [0.4, 0.5) is 0 Å². The lowest BCUT2D eigenvalue weighted by Gasteiger charge is -2.34. The van der Waals surface area contributed by atoms with E-state index in [4.69, 9.17) is 4.63 Å². The number of rotatable bonds is 4. The summed E-state index contributed by atoms with van der Waals surface area (Å²) in [5, 5.41) is 11.4. The maximum Gasteiger partial charge on any atom is 0.122 e. The molecule has 1 aliphatic heterocycles. The van der Waals surface area contributed by atoms with Crippen molar-refractivity contribution in [3.63, 3.8) is 0 Å². The van der Waals surface area contributed by atoms with Gasteiger partial charge in [-0.2, -0.15) is 0 Å². The minimum atomic E-state index is 0.203. The number of nitrogens with one attached hydrogen (secondary N) is 1. The highest BCUT2D eigenvalue weighted by Gasteiger charge is 2.22. The van der Waals surface area contributed by atoms with E-state index in [0.29, 0.717) is 0 Å². The van der Waals surface area contributed by atoms with Crippen LogP contribution in [-0.4, -0.2) is 40.4 Å². The molecule has 108 valence electrons. The fourth-order valence-electron chi connectivity index (χ4n) is 2.52. The van der Waals surface area contributed by atoms with Crippen molar-refractivity contribution in [2.75, 3.05) is 19.6 Å². The summed E-state index contributed by atoms with van der Waals surface area (Å²) < 4.78 is 4.77. The minimum absolute atomic E-state index is 0.203. The second-order valence-electron chi connectivity index (χ2n) is 6.67. The molecular weight excluding hydrogens is 240 g/mol. The van der Waals surface area contributed by atoms with Gasteiger partial charge in [-0.3, -0.25) is 4.90 Å². The Morgan fingerprint density at radius 3 is 2.79 bits per heavy atom. The average Bonchev–Trinajstić information content (AvgIpc) is 2.72. The molecule has 2 rings (SSSR count). The van der Waals surface area contributed by atoms with Crippen LogP contribution in [0.3, 0.4) is 0 Å². The first kappa shape index (κ1) is 14.5. The first-order chi connectivity index (χ1) is 8.94. The van der Waals surface area contributed by atoms with E-state index in [1.807, 2.05) is 6.92 Å². The van der Waals surface area contributed by atoms with Crippen LogP contribution in [-0.2, 0) is 6.54 Å². The molecule has 0 saturated carbocycles. The third kappa shape index (κ3) is 4.58. The largest absolute Gasteiger partial charge is 0.312 e. The van der Waals surface area contributed by atoms with E-state index in [1.165, 1.54) is 12.8 Å². The normalized spacial score (nSPS) is 21.8. The Morgan fingerprint density at radius 2 is 2.16 bits per heavy atom. The van der Waals surface area contributed by atoms with Crippen LogP contribution in [0, 0.1) is 12.8 Å². The van der Waals surface area contributed by atoms with Crippen molar-refractivity contribution in [1.82, 2.24) is 20.5 Å². The van der Waals surface area contributed by atoms with Crippen molar-refractivity contribution in [1.29, 1.82) is 0 Å². The smallest absolute Gasteiger partial charge is 0.122 e. The molecule has 1 N–H and O–H groups in total. The number of hydrogen-bond acceptors (Lipinski definition) is 5. The number of hydrogen-bond donors (Lipinski definition) is 1. The molecule has 1 atom stereocenters. The van der Waals surface area contributed by atoms with E-state index >= 15 is 0 Å². The number of piperidine rings is 1. The summed E-state index contributed by atoms with van der Waals surface area (Å²) in [6.07, 6.45) is 2.58. The molecule has 0 bridgehead atoms. The van der Waals surface area contributed by atoms with Crippen LogP contribution >= 0.6 is 0 Å². The lowest BCUT2D eigenvalue weighted by molar-refractivity contribution is 0.156. The van der Waals surface area contributed by atoms with Gasteiger partial charge in [0.15, 0.2) is 0 Å². The molecule has 0 radical (unpaired) electrons. The molecule has 0 aliphatic carbocycles. The monoisotopic (exact) mass is 266 g/mol. The third-order valence-corrected chi connectivity index (χ3v) is 3.64. The Kier molecular flexibility index (Phi) is 4.58. The highest BCUT2D eigenvalue weighted by molar-refractivity contribution is 5.04. The van der Waals surface area contributed by atoms with Gasteiger partial charge >= 0.3 is 0 Å². The van der Waals surface area contributed by atoms with E-state index in [9.17, 15) is 0 Å². The highest BCUT2D eigenvalue weighted by atomic mass is 16.6. The van der Waals surface area contributed by atoms with Gasteiger partial charge in [0.1, 0.15) is 11.4 Å². The summed E-state index contributed by atoms with van der Waals surface area (Å²) in [6, 6.07) is 0. The lowest BCUT2D eigenvalue weighted by atomic mass is 9.96. The first-order valence-corrected chi connectivity index (χ1v) is 7.19. The zero-order valence-corrected chi connectivity index (χ0v) is 12.6. The summed E-state index contributed by atoms with van der Waals surface area (Å²) >= 11 is 0. The minimum Gasteiger partial charge on any atom is -0.312 e. The standard InChI is InChI=1S/C14H26N4O/c1-11-13(17-19-16-11)10-18-7-5-6-12(9-18)8-15-14(2,3)4/h12,15H,5-10H2,1-4H3. The molecule has 5 nitrogen and oxygen atoms in total. The number of nitrogens with zero attached hydrogens (tertiary/aromatic N) is 3. The molecule has 0 spiro atoms. The lowest BCUT2D eigenvalue weighted by Crippen LogP contribution is -2.44. The topological polar surface area (TPSA) is 54.2 Å². The summed E-state index contributed by atoms with van der Waals surface area (Å²) in [5.41, 5.74) is 2.09. The number of likely N-dealkylation sites (tertiary alicyclic amines) is 1. The van der Waals surface area contributed by atoms with Crippen molar-refractivity contribution in [3.8, 4) is 0 Å². The van der Waals surface area contributed by atoms with Gasteiger partial charge in [0, 0.05) is 18.6 Å². The molecule has 2 heterocycles. The predicted molar refractivity (Wildman–Crippen MR) is 74.8 cm³/mol. The van der Waals surface area contributed by atoms with Crippen molar-refractivity contribution in [3.05, 3.63) is 11.4 Å². The van der Waals surface area contributed by atoms with Gasteiger partial charge in [0.2, 0.25) is 0 Å². The maximum atomic E-state index is 4.77. The average molecular weight is 266 g/mol. The molecule has 1 saturated heterocycles. The number of aromatic nitrogens is 2. The molecule has 0 amide bonds. The molecule has 1 aromatic heterocycles. The van der Waals surface area contributed by atoms with Crippen LogP contribution in [0.5, 0.6) is 0 Å². The zero-order valence-electron chi connectivity index (χ0n) is 12.6. The van der Waals surface area contributed by atoms with Gasteiger partial charge in [-0.05, 0) is 59.5 Å². The van der Waals surface area contributed by atoms with E-state index in [-0.39, 0.29) is 5.54 Å². The van der Waals surface area contributed by atoms with Gasteiger partial charge in [0.25, 0.3) is 0 Å². The highest BCUT2D eigenvalue weighted by Crippen LogP contribution is 2.19. The van der Waals surface area contributed by atoms with Crippen LogP contribution in [0.2, 0.25) is 0 Å². The number of aryl methyl sites for hydroxylation is 1.